The summed E-state index contributed by atoms with van der Waals surface area (Å²) >= 11 is 6.32. The minimum Gasteiger partial charge on any atom is -0.486 e. The van der Waals surface area contributed by atoms with E-state index in [0.29, 0.717) is 29.3 Å². The average molecular weight is 488 g/mol. The van der Waals surface area contributed by atoms with E-state index in [2.05, 4.69) is 15.4 Å². The van der Waals surface area contributed by atoms with Crippen molar-refractivity contribution in [2.75, 3.05) is 0 Å². The summed E-state index contributed by atoms with van der Waals surface area (Å²) in [5, 5.41) is 8.43. The molecule has 7 nitrogen and oxygen atoms in total. The van der Waals surface area contributed by atoms with Crippen molar-refractivity contribution in [3.63, 3.8) is 0 Å². The van der Waals surface area contributed by atoms with Gasteiger partial charge in [0.25, 0.3) is 5.91 Å². The number of carbonyl (C=O) groups is 1. The standard InChI is InChI=1S/C24H24ClF2N5O2/c1-11-21(25)12(2)32-23(28-11)16-9-31(10-18(16)30-32)24(33)15-5-3-13(26)7-19(15)34-20-8-14-4-6-17(29-14)22(20)27/h3,5,7,14,17,20,22,29H,4,6,8-10H2,1-2H3/t14-,17+,20+,22+/m0/s1. The van der Waals surface area contributed by atoms with E-state index in [4.69, 9.17) is 16.3 Å². The van der Waals surface area contributed by atoms with Gasteiger partial charge in [-0.05, 0) is 38.8 Å². The quantitative estimate of drug-likeness (QED) is 0.606. The number of aromatic nitrogens is 3. The van der Waals surface area contributed by atoms with E-state index in [9.17, 15) is 13.6 Å². The lowest BCUT2D eigenvalue weighted by atomic mass is 10.00. The lowest BCUT2D eigenvalue weighted by Gasteiger charge is -2.33. The topological polar surface area (TPSA) is 71.8 Å². The molecule has 1 aromatic carbocycles. The van der Waals surface area contributed by atoms with Crippen LogP contribution in [0.1, 0.15) is 52.3 Å². The first kappa shape index (κ1) is 21.7. The first-order valence-electron chi connectivity index (χ1n) is 11.5. The summed E-state index contributed by atoms with van der Waals surface area (Å²) in [7, 11) is 0. The van der Waals surface area contributed by atoms with Crippen molar-refractivity contribution in [3.05, 3.63) is 57.2 Å². The largest absolute Gasteiger partial charge is 0.486 e. The third-order valence-electron chi connectivity index (χ3n) is 7.23. The summed E-state index contributed by atoms with van der Waals surface area (Å²) in [6.07, 6.45) is 0.214. The summed E-state index contributed by atoms with van der Waals surface area (Å²) < 4.78 is 36.7. The van der Waals surface area contributed by atoms with Crippen LogP contribution < -0.4 is 10.1 Å². The maximum Gasteiger partial charge on any atom is 0.258 e. The van der Waals surface area contributed by atoms with Gasteiger partial charge in [0.1, 0.15) is 17.7 Å². The molecule has 2 aromatic heterocycles. The van der Waals surface area contributed by atoms with Gasteiger partial charge in [-0.1, -0.05) is 11.6 Å². The molecule has 0 saturated carbocycles. The Morgan fingerprint density at radius 3 is 2.91 bits per heavy atom. The predicted octanol–water partition coefficient (Wildman–Crippen LogP) is 3.90. The first-order chi connectivity index (χ1) is 16.3. The monoisotopic (exact) mass is 487 g/mol. The Labute approximate surface area is 200 Å². The number of nitrogens with one attached hydrogen (secondary N) is 1. The Morgan fingerprint density at radius 2 is 2.09 bits per heavy atom. The SMILES string of the molecule is Cc1nc2c3c(nn2c(C)c1Cl)CN(C(=O)c1ccc(F)cc1O[C@@H]1C[C@@H]2CC[C@@H](N2)[C@H]1F)C3. The van der Waals surface area contributed by atoms with Gasteiger partial charge in [0.15, 0.2) is 11.8 Å². The number of rotatable bonds is 3. The van der Waals surface area contributed by atoms with E-state index in [1.165, 1.54) is 18.2 Å². The van der Waals surface area contributed by atoms with Gasteiger partial charge in [0.05, 0.1) is 40.8 Å². The number of ether oxygens (including phenoxy) is 1. The zero-order chi connectivity index (χ0) is 23.7. The van der Waals surface area contributed by atoms with E-state index >= 15 is 0 Å². The summed E-state index contributed by atoms with van der Waals surface area (Å²) in [6.45, 7) is 4.31. The molecule has 1 N–H and O–H groups in total. The predicted molar refractivity (Wildman–Crippen MR) is 121 cm³/mol. The normalized spacial score (nSPS) is 25.7. The Balaban J connectivity index is 1.28. The van der Waals surface area contributed by atoms with Crippen LogP contribution in [0.3, 0.4) is 0 Å². The number of aryl methyl sites for hydroxylation is 2. The Kier molecular flexibility index (Phi) is 5.04. The van der Waals surface area contributed by atoms with E-state index in [1.54, 1.807) is 9.42 Å². The molecule has 34 heavy (non-hydrogen) atoms. The molecule has 4 atom stereocenters. The lowest BCUT2D eigenvalue weighted by Crippen LogP contribution is -2.51. The molecular formula is C24H24ClF2N5O2. The number of alkyl halides is 1. The van der Waals surface area contributed by atoms with Crippen LogP contribution in [0.5, 0.6) is 5.75 Å². The van der Waals surface area contributed by atoms with Crippen molar-refractivity contribution in [2.24, 2.45) is 0 Å². The van der Waals surface area contributed by atoms with Crippen LogP contribution in [0, 0.1) is 19.7 Å². The van der Waals surface area contributed by atoms with Crippen molar-refractivity contribution < 1.29 is 18.3 Å². The lowest BCUT2D eigenvalue weighted by molar-refractivity contribution is 0.0439. The van der Waals surface area contributed by atoms with Gasteiger partial charge < -0.3 is 15.0 Å². The summed E-state index contributed by atoms with van der Waals surface area (Å²) in [6, 6.07) is 3.74. The molecule has 0 spiro atoms. The maximum absolute atomic E-state index is 14.9. The molecule has 6 rings (SSSR count). The van der Waals surface area contributed by atoms with E-state index in [-0.39, 0.29) is 35.8 Å². The van der Waals surface area contributed by atoms with E-state index < -0.39 is 18.1 Å². The first-order valence-corrected chi connectivity index (χ1v) is 11.9. The van der Waals surface area contributed by atoms with Gasteiger partial charge in [0, 0.05) is 30.1 Å². The number of carbonyl (C=O) groups excluding carboxylic acids is 1. The van der Waals surface area contributed by atoms with Crippen LogP contribution in [0.4, 0.5) is 8.78 Å². The number of nitrogens with zero attached hydrogens (tertiary/aromatic N) is 4. The van der Waals surface area contributed by atoms with Gasteiger partial charge >= 0.3 is 0 Å². The highest BCUT2D eigenvalue weighted by Gasteiger charge is 2.43. The second-order valence-corrected chi connectivity index (χ2v) is 9.82. The number of amides is 1. The van der Waals surface area contributed by atoms with Gasteiger partial charge in [-0.3, -0.25) is 4.79 Å². The van der Waals surface area contributed by atoms with Crippen molar-refractivity contribution in [3.8, 4) is 5.75 Å². The molecule has 2 bridgehead atoms. The Bertz CT molecular complexity index is 1330. The zero-order valence-corrected chi connectivity index (χ0v) is 19.6. The number of hydrogen-bond acceptors (Lipinski definition) is 5. The molecule has 0 radical (unpaired) electrons. The summed E-state index contributed by atoms with van der Waals surface area (Å²) in [5.41, 5.74) is 3.98. The molecule has 2 fully saturated rings. The molecule has 3 aromatic rings. The molecule has 3 aliphatic heterocycles. The van der Waals surface area contributed by atoms with Crippen molar-refractivity contribution in [1.82, 2.24) is 24.8 Å². The van der Waals surface area contributed by atoms with Gasteiger partial charge in [-0.2, -0.15) is 5.10 Å². The second kappa shape index (κ2) is 7.88. The molecule has 5 heterocycles. The summed E-state index contributed by atoms with van der Waals surface area (Å²) in [4.78, 5) is 19.7. The third kappa shape index (κ3) is 3.36. The highest BCUT2D eigenvalue weighted by Crippen LogP contribution is 2.35. The van der Waals surface area contributed by atoms with Crippen molar-refractivity contribution >= 4 is 23.2 Å². The van der Waals surface area contributed by atoms with Crippen molar-refractivity contribution in [1.29, 1.82) is 0 Å². The Hall–Kier alpha value is -2.78. The van der Waals surface area contributed by atoms with Crippen LogP contribution in [-0.2, 0) is 13.1 Å². The molecule has 0 aliphatic carbocycles. The fourth-order valence-corrected chi connectivity index (χ4v) is 5.55. The van der Waals surface area contributed by atoms with Gasteiger partial charge in [-0.15, -0.1) is 0 Å². The van der Waals surface area contributed by atoms with Crippen LogP contribution in [-0.4, -0.2) is 49.8 Å². The zero-order valence-electron chi connectivity index (χ0n) is 18.8. The smallest absolute Gasteiger partial charge is 0.258 e. The number of hydrogen-bond donors (Lipinski definition) is 1. The minimum absolute atomic E-state index is 0.0781. The molecule has 1 amide bonds. The Morgan fingerprint density at radius 1 is 1.26 bits per heavy atom. The highest BCUT2D eigenvalue weighted by atomic mass is 35.5. The van der Waals surface area contributed by atoms with Gasteiger partial charge in [-0.25, -0.2) is 18.3 Å². The average Bonchev–Trinajstić information content (AvgIpc) is 3.50. The summed E-state index contributed by atoms with van der Waals surface area (Å²) in [5.74, 6) is -0.775. The molecule has 10 heteroatoms. The number of benzene rings is 1. The molecule has 2 saturated heterocycles. The maximum atomic E-state index is 14.9. The van der Waals surface area contributed by atoms with Crippen LogP contribution in [0.2, 0.25) is 5.02 Å². The molecular weight excluding hydrogens is 464 g/mol. The second-order valence-electron chi connectivity index (χ2n) is 9.44. The van der Waals surface area contributed by atoms with E-state index in [1.807, 2.05) is 13.8 Å². The molecule has 0 unspecified atom stereocenters. The molecule has 178 valence electrons. The minimum atomic E-state index is -1.21. The van der Waals surface area contributed by atoms with Crippen LogP contribution >= 0.6 is 11.6 Å². The van der Waals surface area contributed by atoms with Crippen LogP contribution in [0.15, 0.2) is 18.2 Å². The molecule has 3 aliphatic rings. The number of fused-ring (bicyclic) bond motifs is 5. The number of halogens is 3. The highest BCUT2D eigenvalue weighted by molar-refractivity contribution is 6.31. The van der Waals surface area contributed by atoms with Gasteiger partial charge in [0.2, 0.25) is 0 Å². The fraction of sp³-hybridized carbons (Fsp3) is 0.458. The van der Waals surface area contributed by atoms with Crippen LogP contribution in [0.25, 0.3) is 5.65 Å². The number of piperidine rings is 1. The van der Waals surface area contributed by atoms with Crippen molar-refractivity contribution in [2.45, 2.75) is 70.6 Å². The fourth-order valence-electron chi connectivity index (χ4n) is 5.43. The van der Waals surface area contributed by atoms with E-state index in [0.717, 1.165) is 29.8 Å². The third-order valence-corrected chi connectivity index (χ3v) is 7.77.